The summed E-state index contributed by atoms with van der Waals surface area (Å²) in [7, 11) is 1.79. The number of pyridine rings is 1. The molecule has 106 valence electrons. The van der Waals surface area contributed by atoms with Crippen LogP contribution in [0, 0.1) is 0 Å². The molecule has 0 saturated carbocycles. The molecule has 0 bridgehead atoms. The number of hydrogen-bond acceptors (Lipinski definition) is 4. The van der Waals surface area contributed by atoms with Crippen molar-refractivity contribution in [3.05, 3.63) is 16.1 Å². The van der Waals surface area contributed by atoms with Gasteiger partial charge in [-0.25, -0.2) is 4.98 Å². The average molecular weight is 303 g/mol. The number of rotatable bonds is 5. The van der Waals surface area contributed by atoms with Crippen LogP contribution in [0.1, 0.15) is 19.8 Å². The molecule has 1 aromatic rings. The fourth-order valence-electron chi connectivity index (χ4n) is 2.37. The predicted octanol–water partition coefficient (Wildman–Crippen LogP) is 3.33. The quantitative estimate of drug-likeness (QED) is 0.875. The molecule has 19 heavy (non-hydrogen) atoms. The topological polar surface area (TPSA) is 40.2 Å². The van der Waals surface area contributed by atoms with Crippen LogP contribution in [0.3, 0.4) is 0 Å². The molecule has 1 fully saturated rings. The Hall–Kier alpha value is -0.710. The molecule has 1 aliphatic rings. The van der Waals surface area contributed by atoms with Gasteiger partial charge in [0.2, 0.25) is 0 Å². The highest BCUT2D eigenvalue weighted by Crippen LogP contribution is 2.29. The Morgan fingerprint density at radius 3 is 2.53 bits per heavy atom. The SMILES string of the molecule is CNc1nc(NC(C)CN2CCCC2)c(Cl)cc1Cl. The Bertz CT molecular complexity index is 433. The van der Waals surface area contributed by atoms with E-state index >= 15 is 0 Å². The lowest BCUT2D eigenvalue weighted by Crippen LogP contribution is -2.33. The van der Waals surface area contributed by atoms with Crippen molar-refractivity contribution in [2.24, 2.45) is 0 Å². The molecule has 1 atom stereocenters. The largest absolute Gasteiger partial charge is 0.372 e. The van der Waals surface area contributed by atoms with Crippen molar-refractivity contribution in [1.82, 2.24) is 9.88 Å². The summed E-state index contributed by atoms with van der Waals surface area (Å²) in [5.41, 5.74) is 0. The van der Waals surface area contributed by atoms with Crippen molar-refractivity contribution in [3.8, 4) is 0 Å². The fourth-order valence-corrected chi connectivity index (χ4v) is 2.88. The van der Waals surface area contributed by atoms with Crippen LogP contribution < -0.4 is 10.6 Å². The van der Waals surface area contributed by atoms with E-state index in [1.807, 2.05) is 0 Å². The summed E-state index contributed by atoms with van der Waals surface area (Å²) in [6.07, 6.45) is 2.60. The van der Waals surface area contributed by atoms with Crippen LogP contribution in [-0.4, -0.2) is 42.6 Å². The normalized spacial score (nSPS) is 17.5. The van der Waals surface area contributed by atoms with E-state index in [2.05, 4.69) is 27.4 Å². The van der Waals surface area contributed by atoms with E-state index in [9.17, 15) is 0 Å². The third kappa shape index (κ3) is 3.88. The van der Waals surface area contributed by atoms with Crippen molar-refractivity contribution >= 4 is 34.8 Å². The monoisotopic (exact) mass is 302 g/mol. The smallest absolute Gasteiger partial charge is 0.147 e. The van der Waals surface area contributed by atoms with Crippen molar-refractivity contribution in [2.45, 2.75) is 25.8 Å². The van der Waals surface area contributed by atoms with E-state index in [0.717, 1.165) is 6.54 Å². The lowest BCUT2D eigenvalue weighted by atomic mass is 10.3. The van der Waals surface area contributed by atoms with Crippen LogP contribution in [0.15, 0.2) is 6.07 Å². The summed E-state index contributed by atoms with van der Waals surface area (Å²) in [4.78, 5) is 6.86. The minimum absolute atomic E-state index is 0.300. The number of halogens is 2. The summed E-state index contributed by atoms with van der Waals surface area (Å²) in [6, 6.07) is 2.02. The molecular weight excluding hydrogens is 283 g/mol. The van der Waals surface area contributed by atoms with Crippen molar-refractivity contribution in [2.75, 3.05) is 37.3 Å². The second kappa shape index (κ2) is 6.64. The minimum atomic E-state index is 0.300. The summed E-state index contributed by atoms with van der Waals surface area (Å²) >= 11 is 12.2. The van der Waals surface area contributed by atoms with Crippen molar-refractivity contribution in [3.63, 3.8) is 0 Å². The zero-order valence-electron chi connectivity index (χ0n) is 11.3. The lowest BCUT2D eigenvalue weighted by Gasteiger charge is -2.22. The van der Waals surface area contributed by atoms with Gasteiger partial charge >= 0.3 is 0 Å². The van der Waals surface area contributed by atoms with Crippen LogP contribution in [-0.2, 0) is 0 Å². The number of nitrogens with zero attached hydrogens (tertiary/aromatic N) is 2. The molecule has 6 heteroatoms. The highest BCUT2D eigenvalue weighted by Gasteiger charge is 2.16. The Labute approximate surface area is 124 Å². The standard InChI is InChI=1S/C13H20Cl2N4/c1-9(8-19-5-3-4-6-19)17-13-11(15)7-10(14)12(16-2)18-13/h7,9H,3-6,8H2,1-2H3,(H2,16,17,18). The van der Waals surface area contributed by atoms with Gasteiger partial charge in [-0.3, -0.25) is 0 Å². The molecule has 1 aliphatic heterocycles. The number of anilines is 2. The first-order valence-electron chi connectivity index (χ1n) is 6.63. The molecule has 1 saturated heterocycles. The maximum absolute atomic E-state index is 6.17. The van der Waals surface area contributed by atoms with Gasteiger partial charge in [-0.2, -0.15) is 0 Å². The van der Waals surface area contributed by atoms with Crippen LogP contribution in [0.5, 0.6) is 0 Å². The molecule has 4 nitrogen and oxygen atoms in total. The number of nitrogens with one attached hydrogen (secondary N) is 2. The van der Waals surface area contributed by atoms with Gasteiger partial charge in [0.15, 0.2) is 0 Å². The molecule has 1 unspecified atom stereocenters. The zero-order valence-corrected chi connectivity index (χ0v) is 12.9. The second-order valence-electron chi connectivity index (χ2n) is 4.95. The van der Waals surface area contributed by atoms with Gasteiger partial charge < -0.3 is 15.5 Å². The summed E-state index contributed by atoms with van der Waals surface area (Å²) in [5.74, 6) is 1.32. The highest BCUT2D eigenvalue weighted by atomic mass is 35.5. The number of hydrogen-bond donors (Lipinski definition) is 2. The highest BCUT2D eigenvalue weighted by molar-refractivity contribution is 6.37. The minimum Gasteiger partial charge on any atom is -0.372 e. The first-order valence-corrected chi connectivity index (χ1v) is 7.38. The molecule has 2 N–H and O–H groups in total. The van der Waals surface area contributed by atoms with Gasteiger partial charge in [0.1, 0.15) is 11.6 Å². The Kier molecular flexibility index (Phi) is 5.13. The van der Waals surface area contributed by atoms with Crippen LogP contribution in [0.2, 0.25) is 10.0 Å². The van der Waals surface area contributed by atoms with Gasteiger partial charge in [-0.05, 0) is 38.9 Å². The molecule has 0 radical (unpaired) electrons. The Morgan fingerprint density at radius 1 is 1.26 bits per heavy atom. The molecule has 0 amide bonds. The molecule has 1 aromatic heterocycles. The number of aromatic nitrogens is 1. The molecule has 2 heterocycles. The predicted molar refractivity (Wildman–Crippen MR) is 82.6 cm³/mol. The van der Waals surface area contributed by atoms with Crippen LogP contribution in [0.25, 0.3) is 0 Å². The van der Waals surface area contributed by atoms with Gasteiger partial charge in [0.05, 0.1) is 10.0 Å². The van der Waals surface area contributed by atoms with Gasteiger partial charge in [0, 0.05) is 19.6 Å². The number of likely N-dealkylation sites (tertiary alicyclic amines) is 1. The van der Waals surface area contributed by atoms with E-state index in [1.165, 1.54) is 25.9 Å². The van der Waals surface area contributed by atoms with Crippen molar-refractivity contribution < 1.29 is 0 Å². The van der Waals surface area contributed by atoms with E-state index in [0.29, 0.717) is 27.7 Å². The summed E-state index contributed by atoms with van der Waals surface area (Å²) in [6.45, 7) is 5.53. The maximum Gasteiger partial charge on any atom is 0.147 e. The molecule has 2 rings (SSSR count). The first kappa shape index (κ1) is 14.7. The van der Waals surface area contributed by atoms with E-state index < -0.39 is 0 Å². The maximum atomic E-state index is 6.17. The summed E-state index contributed by atoms with van der Waals surface area (Å²) in [5, 5.41) is 7.40. The molecule has 0 spiro atoms. The van der Waals surface area contributed by atoms with E-state index in [1.54, 1.807) is 13.1 Å². The first-order chi connectivity index (χ1) is 9.10. The van der Waals surface area contributed by atoms with Gasteiger partial charge in [-0.1, -0.05) is 23.2 Å². The summed E-state index contributed by atoms with van der Waals surface area (Å²) < 4.78 is 0. The van der Waals surface area contributed by atoms with Crippen LogP contribution in [0.4, 0.5) is 11.6 Å². The Balaban J connectivity index is 2.01. The second-order valence-corrected chi connectivity index (χ2v) is 5.77. The molecule has 0 aliphatic carbocycles. The van der Waals surface area contributed by atoms with Crippen LogP contribution >= 0.6 is 23.2 Å². The van der Waals surface area contributed by atoms with Gasteiger partial charge in [-0.15, -0.1) is 0 Å². The molecule has 0 aromatic carbocycles. The average Bonchev–Trinajstić information content (AvgIpc) is 2.85. The third-order valence-corrected chi connectivity index (χ3v) is 3.86. The van der Waals surface area contributed by atoms with Crippen molar-refractivity contribution in [1.29, 1.82) is 0 Å². The fraction of sp³-hybridized carbons (Fsp3) is 0.615. The molecular formula is C13H20Cl2N4. The van der Waals surface area contributed by atoms with E-state index in [-0.39, 0.29) is 0 Å². The Morgan fingerprint density at radius 2 is 1.89 bits per heavy atom. The third-order valence-electron chi connectivity index (χ3n) is 3.28. The zero-order chi connectivity index (χ0) is 13.8. The lowest BCUT2D eigenvalue weighted by molar-refractivity contribution is 0.327. The van der Waals surface area contributed by atoms with Gasteiger partial charge in [0.25, 0.3) is 0 Å². The van der Waals surface area contributed by atoms with E-state index in [4.69, 9.17) is 23.2 Å².